The number of aromatic nitrogens is 2. The quantitative estimate of drug-likeness (QED) is 0.625. The summed E-state index contributed by atoms with van der Waals surface area (Å²) in [6, 6.07) is 9.83. The number of nitrogens with one attached hydrogen (secondary N) is 1. The molecule has 0 aliphatic rings. The Morgan fingerprint density at radius 1 is 1.07 bits per heavy atom. The molecule has 0 saturated heterocycles. The molecule has 8 heteroatoms. The van der Waals surface area contributed by atoms with Gasteiger partial charge in [0.2, 0.25) is 0 Å². The number of rotatable bonds is 6. The Morgan fingerprint density at radius 3 is 2.41 bits per heavy atom. The van der Waals surface area contributed by atoms with Crippen molar-refractivity contribution in [2.45, 2.75) is 24.9 Å². The van der Waals surface area contributed by atoms with Gasteiger partial charge in [-0.2, -0.15) is 13.2 Å². The normalized spacial score (nSPS) is 12.6. The number of benzene rings is 1. The first-order valence-electron chi connectivity index (χ1n) is 8.71. The van der Waals surface area contributed by atoms with Gasteiger partial charge >= 0.3 is 6.18 Å². The van der Waals surface area contributed by atoms with Crippen LogP contribution in [0.2, 0.25) is 0 Å². The lowest BCUT2D eigenvalue weighted by Crippen LogP contribution is -2.18. The summed E-state index contributed by atoms with van der Waals surface area (Å²) < 4.78 is 52.8. The van der Waals surface area contributed by atoms with E-state index in [1.807, 2.05) is 0 Å². The Morgan fingerprint density at radius 2 is 1.79 bits per heavy atom. The molecule has 0 bridgehead atoms. The smallest absolute Gasteiger partial charge is 0.329 e. The lowest BCUT2D eigenvalue weighted by Gasteiger charge is -2.18. The Balaban J connectivity index is 1.92. The lowest BCUT2D eigenvalue weighted by atomic mass is 9.88. The van der Waals surface area contributed by atoms with Gasteiger partial charge in [-0.1, -0.05) is 18.2 Å². The van der Waals surface area contributed by atoms with E-state index in [4.69, 9.17) is 0 Å². The molecule has 3 rings (SSSR count). The number of hydrogen-bond donors (Lipinski definition) is 1. The SMILES string of the molecule is O=C(Cc1ccc[nH]c1=O)C[C@@H](c1ccc(C(F)(F)F)cc1)c1ncccc1F. The highest BCUT2D eigenvalue weighted by atomic mass is 19.4. The standard InChI is InChI=1S/C21H16F4N2O2/c22-18-4-2-9-26-19(18)17(13-5-7-15(8-6-13)21(23,24)25)12-16(28)11-14-3-1-10-27-20(14)29/h1-10,17H,11-12H2,(H,27,29)/t17-/m0/s1. The molecular weight excluding hydrogens is 388 g/mol. The van der Waals surface area contributed by atoms with Gasteiger partial charge in [-0.15, -0.1) is 0 Å². The van der Waals surface area contributed by atoms with E-state index < -0.39 is 29.0 Å². The highest BCUT2D eigenvalue weighted by Crippen LogP contribution is 2.33. The van der Waals surface area contributed by atoms with Crippen molar-refractivity contribution >= 4 is 5.78 Å². The first-order valence-corrected chi connectivity index (χ1v) is 8.71. The van der Waals surface area contributed by atoms with E-state index in [1.54, 1.807) is 6.07 Å². The van der Waals surface area contributed by atoms with Crippen molar-refractivity contribution in [3.8, 4) is 0 Å². The summed E-state index contributed by atoms with van der Waals surface area (Å²) in [5, 5.41) is 0. The summed E-state index contributed by atoms with van der Waals surface area (Å²) in [4.78, 5) is 30.8. The number of H-pyrrole nitrogens is 1. The molecule has 0 fully saturated rings. The van der Waals surface area contributed by atoms with E-state index in [0.717, 1.165) is 12.1 Å². The summed E-state index contributed by atoms with van der Waals surface area (Å²) in [6.45, 7) is 0. The Labute approximate surface area is 163 Å². The minimum absolute atomic E-state index is 0.0393. The first-order chi connectivity index (χ1) is 13.8. The maximum Gasteiger partial charge on any atom is 0.416 e. The number of halogens is 4. The zero-order chi connectivity index (χ0) is 21.0. The molecule has 1 atom stereocenters. The van der Waals surface area contributed by atoms with Crippen LogP contribution in [-0.4, -0.2) is 15.8 Å². The van der Waals surface area contributed by atoms with Crippen molar-refractivity contribution in [3.63, 3.8) is 0 Å². The molecule has 0 amide bonds. The molecule has 29 heavy (non-hydrogen) atoms. The van der Waals surface area contributed by atoms with Crippen molar-refractivity contribution in [2.24, 2.45) is 0 Å². The van der Waals surface area contributed by atoms with Crippen LogP contribution in [0, 0.1) is 5.82 Å². The van der Waals surface area contributed by atoms with Crippen molar-refractivity contribution in [3.05, 3.63) is 99.5 Å². The molecule has 3 aromatic rings. The van der Waals surface area contributed by atoms with E-state index in [2.05, 4.69) is 9.97 Å². The molecule has 4 nitrogen and oxygen atoms in total. The number of hydrogen-bond acceptors (Lipinski definition) is 3. The summed E-state index contributed by atoms with van der Waals surface area (Å²) in [5.74, 6) is -1.91. The number of Topliss-reactive ketones (excluding diaryl/α,β-unsaturated/α-hetero) is 1. The first kappa shape index (κ1) is 20.4. The fourth-order valence-corrected chi connectivity index (χ4v) is 3.04. The number of carbonyl (C=O) groups is 1. The minimum Gasteiger partial charge on any atom is -0.329 e. The molecule has 0 spiro atoms. The second-order valence-corrected chi connectivity index (χ2v) is 6.49. The van der Waals surface area contributed by atoms with Crippen molar-refractivity contribution in [2.75, 3.05) is 0 Å². The number of pyridine rings is 2. The molecule has 2 heterocycles. The third kappa shape index (κ3) is 4.96. The molecule has 1 aromatic carbocycles. The Hall–Kier alpha value is -3.29. The number of carbonyl (C=O) groups excluding carboxylic acids is 1. The molecule has 0 radical (unpaired) electrons. The zero-order valence-electron chi connectivity index (χ0n) is 15.0. The number of nitrogens with zero attached hydrogens (tertiary/aromatic N) is 1. The average Bonchev–Trinajstić information content (AvgIpc) is 2.68. The molecule has 2 aromatic heterocycles. The van der Waals surface area contributed by atoms with Gasteiger partial charge in [-0.05, 0) is 35.9 Å². The van der Waals surface area contributed by atoms with Crippen LogP contribution in [0.3, 0.4) is 0 Å². The van der Waals surface area contributed by atoms with E-state index in [-0.39, 0.29) is 29.9 Å². The van der Waals surface area contributed by atoms with Crippen LogP contribution in [-0.2, 0) is 17.4 Å². The fraction of sp³-hybridized carbons (Fsp3) is 0.190. The third-order valence-corrected chi connectivity index (χ3v) is 4.48. The maximum absolute atomic E-state index is 14.3. The van der Waals surface area contributed by atoms with Crippen LogP contribution in [0.4, 0.5) is 17.6 Å². The van der Waals surface area contributed by atoms with E-state index in [1.165, 1.54) is 42.7 Å². The molecular formula is C21H16F4N2O2. The van der Waals surface area contributed by atoms with Gasteiger partial charge in [0, 0.05) is 36.7 Å². The lowest BCUT2D eigenvalue weighted by molar-refractivity contribution is -0.137. The summed E-state index contributed by atoms with van der Waals surface area (Å²) >= 11 is 0. The van der Waals surface area contributed by atoms with Gasteiger partial charge in [0.25, 0.3) is 5.56 Å². The van der Waals surface area contributed by atoms with Gasteiger partial charge in [-0.25, -0.2) is 4.39 Å². The van der Waals surface area contributed by atoms with E-state index in [0.29, 0.717) is 5.56 Å². The Kier molecular flexibility index (Phi) is 5.91. The Bertz CT molecular complexity index is 1060. The summed E-state index contributed by atoms with van der Waals surface area (Å²) in [7, 11) is 0. The zero-order valence-corrected chi connectivity index (χ0v) is 15.0. The van der Waals surface area contributed by atoms with E-state index >= 15 is 0 Å². The van der Waals surface area contributed by atoms with Gasteiger partial charge in [0.05, 0.1) is 11.3 Å². The molecule has 0 saturated carbocycles. The number of alkyl halides is 3. The second-order valence-electron chi connectivity index (χ2n) is 6.49. The van der Waals surface area contributed by atoms with Gasteiger partial charge < -0.3 is 4.98 Å². The molecule has 0 unspecified atom stereocenters. The molecule has 0 aliphatic carbocycles. The minimum atomic E-state index is -4.51. The summed E-state index contributed by atoms with van der Waals surface area (Å²) in [6.07, 6.45) is -2.11. The van der Waals surface area contributed by atoms with Crippen LogP contribution in [0.25, 0.3) is 0 Å². The topological polar surface area (TPSA) is 62.8 Å². The van der Waals surface area contributed by atoms with Crippen LogP contribution >= 0.6 is 0 Å². The predicted molar refractivity (Wildman–Crippen MR) is 97.9 cm³/mol. The summed E-state index contributed by atoms with van der Waals surface area (Å²) in [5.41, 5.74) is -0.710. The highest BCUT2D eigenvalue weighted by molar-refractivity contribution is 5.82. The van der Waals surface area contributed by atoms with Crippen molar-refractivity contribution < 1.29 is 22.4 Å². The highest BCUT2D eigenvalue weighted by Gasteiger charge is 2.31. The van der Waals surface area contributed by atoms with Crippen LogP contribution in [0.1, 0.15) is 34.7 Å². The van der Waals surface area contributed by atoms with Gasteiger partial charge in [0.15, 0.2) is 0 Å². The number of aromatic amines is 1. The maximum atomic E-state index is 14.3. The van der Waals surface area contributed by atoms with Gasteiger partial charge in [0.1, 0.15) is 11.6 Å². The third-order valence-electron chi connectivity index (χ3n) is 4.48. The van der Waals surface area contributed by atoms with Crippen LogP contribution in [0.5, 0.6) is 0 Å². The molecule has 1 N–H and O–H groups in total. The van der Waals surface area contributed by atoms with E-state index in [9.17, 15) is 27.2 Å². The van der Waals surface area contributed by atoms with Crippen LogP contribution < -0.4 is 5.56 Å². The monoisotopic (exact) mass is 404 g/mol. The van der Waals surface area contributed by atoms with Crippen molar-refractivity contribution in [1.29, 1.82) is 0 Å². The second kappa shape index (κ2) is 8.38. The number of ketones is 1. The molecule has 0 aliphatic heterocycles. The van der Waals surface area contributed by atoms with Crippen LogP contribution in [0.15, 0.2) is 65.7 Å². The predicted octanol–water partition coefficient (Wildman–Crippen LogP) is 4.26. The largest absolute Gasteiger partial charge is 0.416 e. The van der Waals surface area contributed by atoms with Crippen molar-refractivity contribution in [1.82, 2.24) is 9.97 Å². The fourth-order valence-electron chi connectivity index (χ4n) is 3.04. The molecule has 150 valence electrons. The van der Waals surface area contributed by atoms with Gasteiger partial charge in [-0.3, -0.25) is 14.6 Å². The average molecular weight is 404 g/mol.